The Balaban J connectivity index is 0.00000129. The van der Waals surface area contributed by atoms with Crippen LogP contribution in [-0.2, 0) is 36.8 Å². The Labute approximate surface area is 430 Å². The average Bonchev–Trinajstić information content (AvgIpc) is 3.28. The van der Waals surface area contributed by atoms with Gasteiger partial charge in [-0.3, -0.25) is 9.59 Å². The Morgan fingerprint density at radius 3 is 1.25 bits per heavy atom. The number of hydrogen-bond acceptors (Lipinski definition) is 8. The van der Waals surface area contributed by atoms with E-state index in [0.29, 0.717) is 18.6 Å². The Kier molecular flexibility index (Phi) is 29.8. The molecule has 0 saturated heterocycles. The number of carbonyl (C=O) groups is 4. The van der Waals surface area contributed by atoms with Gasteiger partial charge in [0.05, 0.1) is 42.2 Å². The van der Waals surface area contributed by atoms with Crippen LogP contribution in [0.1, 0.15) is 135 Å². The van der Waals surface area contributed by atoms with E-state index in [1.165, 1.54) is 17.7 Å². The summed E-state index contributed by atoms with van der Waals surface area (Å²) < 4.78 is 5.06. The third kappa shape index (κ3) is 21.8. The van der Waals surface area contributed by atoms with Gasteiger partial charge in [0.1, 0.15) is 0 Å². The second kappa shape index (κ2) is 33.3. The van der Waals surface area contributed by atoms with Crippen molar-refractivity contribution < 1.29 is 65.5 Å². The molecule has 11 nitrogen and oxygen atoms in total. The van der Waals surface area contributed by atoms with Crippen LogP contribution in [-0.4, -0.2) is 67.1 Å². The molecule has 4 aromatic rings. The van der Waals surface area contributed by atoms with Gasteiger partial charge in [-0.2, -0.15) is 0 Å². The first-order chi connectivity index (χ1) is 31.7. The third-order valence-corrected chi connectivity index (χ3v) is 11.2. The molecule has 4 N–H and O–H groups in total. The van der Waals surface area contributed by atoms with Crippen molar-refractivity contribution in [3.63, 3.8) is 0 Å². The van der Waals surface area contributed by atoms with E-state index in [2.05, 4.69) is 54.2 Å². The number of aliphatic carboxylic acids is 1. The van der Waals surface area contributed by atoms with Gasteiger partial charge in [0, 0.05) is 38.3 Å². The first-order valence-corrected chi connectivity index (χ1v) is 24.0. The standard InChI is InChI=1S/C29H40N2O3.C27H36N2O3.Na.H2O/c1-6-9-17-31(18-10-7-2)27-16-15-25(23(5)19-29(33)34-8-3)21-26(27)30-28(32)20-24-13-11-22(4)12-14-24;1-5-7-15-29(16-8-6-2)25-14-13-23(21(4)17-27(31)32)19-24(25)28-26(30)18-22-11-9-20(3)10-12-22;;/h11-16,19,21H,6-10,17-18,20H2,1-5H3,(H,30,32);9-14,17,19H,5-8,15-16,18H2,1-4H3,(H,28,30)(H,31,32);;1H2/q;;+1;/b23-19+;21-17+;;. The second-order valence-corrected chi connectivity index (χ2v) is 17.0. The summed E-state index contributed by atoms with van der Waals surface area (Å²) in [6.07, 6.45) is 12.0. The summed E-state index contributed by atoms with van der Waals surface area (Å²) in [6, 6.07) is 27.9. The van der Waals surface area contributed by atoms with Gasteiger partial charge in [0.15, 0.2) is 0 Å². The number of carboxylic acids is 1. The minimum Gasteiger partial charge on any atom is -0.870 e. The number of rotatable bonds is 25. The van der Waals surface area contributed by atoms with E-state index in [4.69, 9.17) is 9.84 Å². The van der Waals surface area contributed by atoms with Gasteiger partial charge in [-0.1, -0.05) is 125 Å². The fourth-order valence-electron chi connectivity index (χ4n) is 7.30. The number of carbonyl (C=O) groups excluding carboxylic acids is 3. The quantitative estimate of drug-likeness (QED) is 0.0334. The van der Waals surface area contributed by atoms with Crippen molar-refractivity contribution in [2.45, 2.75) is 127 Å². The number of esters is 1. The van der Waals surface area contributed by atoms with Gasteiger partial charge in [-0.15, -0.1) is 0 Å². The van der Waals surface area contributed by atoms with Crippen molar-refractivity contribution in [3.05, 3.63) is 130 Å². The summed E-state index contributed by atoms with van der Waals surface area (Å²) in [5.41, 5.74) is 10.9. The number of aryl methyl sites for hydroxylation is 2. The Morgan fingerprint density at radius 1 is 0.574 bits per heavy atom. The molecule has 2 amide bonds. The summed E-state index contributed by atoms with van der Waals surface area (Å²) in [6.45, 7) is 22.3. The summed E-state index contributed by atoms with van der Waals surface area (Å²) in [4.78, 5) is 53.7. The summed E-state index contributed by atoms with van der Waals surface area (Å²) in [7, 11) is 0. The van der Waals surface area contributed by atoms with E-state index in [-0.39, 0.29) is 60.7 Å². The molecule has 0 aliphatic carbocycles. The number of nitrogens with zero attached hydrogens (tertiary/aromatic N) is 2. The second-order valence-electron chi connectivity index (χ2n) is 17.0. The summed E-state index contributed by atoms with van der Waals surface area (Å²) in [5, 5.41) is 15.4. The first kappa shape index (κ1) is 60.8. The molecule has 0 heterocycles. The van der Waals surface area contributed by atoms with Crippen LogP contribution >= 0.6 is 0 Å². The minimum atomic E-state index is -0.982. The molecule has 0 atom stereocenters. The molecule has 0 aromatic heterocycles. The summed E-state index contributed by atoms with van der Waals surface area (Å²) in [5.74, 6) is -1.48. The van der Waals surface area contributed by atoms with E-state index in [9.17, 15) is 19.2 Å². The molecule has 364 valence electrons. The Morgan fingerprint density at radius 2 is 0.926 bits per heavy atom. The number of amides is 2. The Hall–Kier alpha value is -5.20. The van der Waals surface area contributed by atoms with Gasteiger partial charge in [-0.25, -0.2) is 9.59 Å². The van der Waals surface area contributed by atoms with Crippen LogP contribution < -0.4 is 50.0 Å². The molecule has 0 bridgehead atoms. The molecule has 0 saturated carbocycles. The number of ether oxygens (including phenoxy) is 1. The van der Waals surface area contributed by atoms with Crippen molar-refractivity contribution in [2.24, 2.45) is 0 Å². The van der Waals surface area contributed by atoms with Crippen LogP contribution in [0.2, 0.25) is 0 Å². The number of nitrogens with one attached hydrogen (secondary N) is 2. The van der Waals surface area contributed by atoms with Gasteiger partial charge < -0.3 is 35.8 Å². The molecule has 4 aromatic carbocycles. The molecule has 68 heavy (non-hydrogen) atoms. The number of hydrogen-bond donors (Lipinski definition) is 3. The number of carboxylic acid groups (broad SMARTS) is 1. The maximum absolute atomic E-state index is 13.0. The maximum Gasteiger partial charge on any atom is 1.00 e. The number of benzene rings is 4. The normalized spacial score (nSPS) is 11.0. The molecule has 0 radical (unpaired) electrons. The molecule has 0 unspecified atom stereocenters. The predicted molar refractivity (Wildman–Crippen MR) is 279 cm³/mol. The summed E-state index contributed by atoms with van der Waals surface area (Å²) >= 11 is 0. The smallest absolute Gasteiger partial charge is 0.870 e. The van der Waals surface area contributed by atoms with E-state index < -0.39 is 5.97 Å². The van der Waals surface area contributed by atoms with E-state index >= 15 is 0 Å². The van der Waals surface area contributed by atoms with Crippen LogP contribution in [0, 0.1) is 13.8 Å². The van der Waals surface area contributed by atoms with E-state index in [0.717, 1.165) is 134 Å². The van der Waals surface area contributed by atoms with Crippen LogP contribution in [0.5, 0.6) is 0 Å². The van der Waals surface area contributed by atoms with Crippen LogP contribution in [0.25, 0.3) is 11.1 Å². The number of anilines is 4. The molecule has 0 spiro atoms. The largest absolute Gasteiger partial charge is 1.00 e. The predicted octanol–water partition coefficient (Wildman–Crippen LogP) is 9.56. The molecule has 0 aliphatic heterocycles. The van der Waals surface area contributed by atoms with Crippen LogP contribution in [0.3, 0.4) is 0 Å². The first-order valence-electron chi connectivity index (χ1n) is 24.0. The van der Waals surface area contributed by atoms with E-state index in [1.807, 2.05) is 99.6 Å². The average molecular weight is 942 g/mol. The van der Waals surface area contributed by atoms with Crippen molar-refractivity contribution in [2.75, 3.05) is 53.2 Å². The van der Waals surface area contributed by atoms with Gasteiger partial charge >= 0.3 is 42.9 Å². The van der Waals surface area contributed by atoms with Crippen molar-refractivity contribution in [3.8, 4) is 0 Å². The zero-order chi connectivity index (χ0) is 48.4. The monoisotopic (exact) mass is 942 g/mol. The Bertz CT molecular complexity index is 2210. The van der Waals surface area contributed by atoms with Gasteiger partial charge in [0.2, 0.25) is 11.8 Å². The van der Waals surface area contributed by atoms with Crippen LogP contribution in [0.4, 0.5) is 22.7 Å². The van der Waals surface area contributed by atoms with Crippen LogP contribution in [0.15, 0.2) is 97.1 Å². The number of unbranched alkanes of at least 4 members (excludes halogenated alkanes) is 4. The maximum atomic E-state index is 13.0. The fourth-order valence-corrected chi connectivity index (χ4v) is 7.30. The topological polar surface area (TPSA) is 158 Å². The van der Waals surface area contributed by atoms with Gasteiger partial charge in [-0.05, 0) is 118 Å². The fraction of sp³-hybridized carbons (Fsp3) is 0.429. The molecular weight excluding hydrogens is 864 g/mol. The van der Waals surface area contributed by atoms with Crippen molar-refractivity contribution >= 4 is 57.6 Å². The molecule has 12 heteroatoms. The third-order valence-electron chi connectivity index (χ3n) is 11.2. The minimum absolute atomic E-state index is 0. The van der Waals surface area contributed by atoms with Crippen molar-refractivity contribution in [1.29, 1.82) is 0 Å². The SMILES string of the molecule is CCCCN(CCCC)c1ccc(/C(C)=C/C(=O)O)cc1NC(=O)Cc1ccc(C)cc1.CCCCN(CCCC)c1ccc(/C(C)=C/C(=O)OCC)cc1NC(=O)Cc1ccc(C)cc1.[H+].[Na+].[OH-]. The number of allylic oxidation sites excluding steroid dienone is 2. The zero-order valence-electron chi connectivity index (χ0n) is 43.7. The van der Waals surface area contributed by atoms with E-state index in [1.54, 1.807) is 13.8 Å². The van der Waals surface area contributed by atoms with Gasteiger partial charge in [0.25, 0.3) is 0 Å². The zero-order valence-corrected chi connectivity index (χ0v) is 44.7. The molecule has 0 aliphatic rings. The molecule has 4 rings (SSSR count). The van der Waals surface area contributed by atoms with Crippen molar-refractivity contribution in [1.82, 2.24) is 0 Å². The molecule has 0 fully saturated rings. The molecular formula is C56H78N4NaO7+.